The van der Waals surface area contributed by atoms with Gasteiger partial charge in [0, 0.05) is 23.3 Å². The van der Waals surface area contributed by atoms with Crippen molar-refractivity contribution in [3.8, 4) is 0 Å². The number of halogens is 1. The number of hydrogen-bond donors (Lipinski definition) is 1. The molecule has 0 atom stereocenters. The van der Waals surface area contributed by atoms with E-state index < -0.39 is 5.91 Å². The maximum atomic E-state index is 13.0. The lowest BCUT2D eigenvalue weighted by atomic mass is 10.0. The van der Waals surface area contributed by atoms with E-state index in [1.54, 1.807) is 27.9 Å². The molecule has 0 aliphatic heterocycles. The Balaban J connectivity index is 1.62. The van der Waals surface area contributed by atoms with E-state index >= 15 is 0 Å². The van der Waals surface area contributed by atoms with Crippen LogP contribution in [0.3, 0.4) is 0 Å². The van der Waals surface area contributed by atoms with E-state index in [2.05, 4.69) is 10.3 Å². The van der Waals surface area contributed by atoms with Gasteiger partial charge in [-0.15, -0.1) is 11.3 Å². The van der Waals surface area contributed by atoms with Crippen LogP contribution in [0.5, 0.6) is 0 Å². The Labute approximate surface area is 159 Å². The number of nitrogens with zero attached hydrogens (tertiary/aromatic N) is 2. The number of amides is 1. The molecule has 0 bridgehead atoms. The van der Waals surface area contributed by atoms with Crippen LogP contribution in [0.4, 0.5) is 4.39 Å². The molecule has 0 saturated carbocycles. The molecular weight excluding hydrogens is 365 g/mol. The summed E-state index contributed by atoms with van der Waals surface area (Å²) in [6.45, 7) is 0.225. The van der Waals surface area contributed by atoms with Gasteiger partial charge in [-0.1, -0.05) is 25.0 Å². The van der Waals surface area contributed by atoms with Gasteiger partial charge in [0.05, 0.1) is 0 Å². The second-order valence-electron chi connectivity index (χ2n) is 6.79. The first-order valence-corrected chi connectivity index (χ1v) is 10.00. The zero-order valence-electron chi connectivity index (χ0n) is 14.8. The predicted octanol–water partition coefficient (Wildman–Crippen LogP) is 3.48. The Morgan fingerprint density at radius 2 is 1.89 bits per heavy atom. The molecule has 3 aromatic rings. The average Bonchev–Trinajstić information content (AvgIpc) is 2.98. The number of fused-ring (bicyclic) bond motifs is 3. The summed E-state index contributed by atoms with van der Waals surface area (Å²) in [5.41, 5.74) is 1.51. The van der Waals surface area contributed by atoms with Crippen molar-refractivity contribution < 1.29 is 9.18 Å². The Bertz CT molecular complexity index is 1040. The molecule has 7 heteroatoms. The highest BCUT2D eigenvalue weighted by atomic mass is 32.1. The van der Waals surface area contributed by atoms with Crippen LogP contribution >= 0.6 is 11.3 Å². The average molecular weight is 385 g/mol. The third-order valence-electron chi connectivity index (χ3n) is 4.91. The fourth-order valence-electron chi connectivity index (χ4n) is 3.46. The molecule has 2 aromatic heterocycles. The van der Waals surface area contributed by atoms with Crippen LogP contribution in [0.1, 0.15) is 52.2 Å². The third kappa shape index (κ3) is 3.64. The Kier molecular flexibility index (Phi) is 5.03. The highest BCUT2D eigenvalue weighted by Gasteiger charge is 2.20. The van der Waals surface area contributed by atoms with E-state index in [-0.39, 0.29) is 23.5 Å². The summed E-state index contributed by atoms with van der Waals surface area (Å²) in [5.74, 6) is -0.788. The predicted molar refractivity (Wildman–Crippen MR) is 103 cm³/mol. The smallest absolute Gasteiger partial charge is 0.271 e. The Hall–Kier alpha value is -2.54. The molecule has 5 nitrogen and oxygen atoms in total. The number of aromatic nitrogens is 2. The molecule has 0 radical (unpaired) electrons. The van der Waals surface area contributed by atoms with Crippen molar-refractivity contribution in [1.29, 1.82) is 0 Å². The lowest BCUT2D eigenvalue weighted by molar-refractivity contribution is 0.0949. The largest absolute Gasteiger partial charge is 0.348 e. The van der Waals surface area contributed by atoms with Crippen molar-refractivity contribution in [2.45, 2.75) is 45.1 Å². The number of carbonyl (C=O) groups is 1. The molecule has 140 valence electrons. The van der Waals surface area contributed by atoms with Crippen LogP contribution in [0.15, 0.2) is 35.3 Å². The Morgan fingerprint density at radius 1 is 1.15 bits per heavy atom. The maximum Gasteiger partial charge on any atom is 0.271 e. The lowest BCUT2D eigenvalue weighted by Crippen LogP contribution is -2.31. The van der Waals surface area contributed by atoms with Crippen LogP contribution < -0.4 is 10.9 Å². The van der Waals surface area contributed by atoms with Gasteiger partial charge in [-0.25, -0.2) is 9.37 Å². The maximum absolute atomic E-state index is 13.0. The summed E-state index contributed by atoms with van der Waals surface area (Å²) >= 11 is 1.55. The number of hydrogen-bond acceptors (Lipinski definition) is 4. The minimum atomic E-state index is -0.461. The van der Waals surface area contributed by atoms with Crippen molar-refractivity contribution in [2.24, 2.45) is 0 Å². The van der Waals surface area contributed by atoms with Gasteiger partial charge in [-0.3, -0.25) is 14.0 Å². The molecule has 4 rings (SSSR count). The Morgan fingerprint density at radius 3 is 2.67 bits per heavy atom. The van der Waals surface area contributed by atoms with Crippen molar-refractivity contribution >= 4 is 22.2 Å². The molecule has 0 unspecified atom stereocenters. The molecule has 1 aliphatic carbocycles. The summed E-state index contributed by atoms with van der Waals surface area (Å²) < 4.78 is 14.6. The molecule has 0 saturated heterocycles. The standard InChI is InChI=1S/C20H20FN3O2S/c21-14-9-7-13(8-10-14)11-22-18(25)15-12-23-20-24(19(15)26)16-5-3-1-2-4-6-17(16)27-20/h7-10,12H,1-6,11H2,(H,22,25). The number of thiazole rings is 1. The second kappa shape index (κ2) is 7.60. The molecule has 1 N–H and O–H groups in total. The van der Waals surface area contributed by atoms with Gasteiger partial charge in [0.25, 0.3) is 11.5 Å². The van der Waals surface area contributed by atoms with Crippen LogP contribution in [0.25, 0.3) is 4.96 Å². The topological polar surface area (TPSA) is 63.5 Å². The van der Waals surface area contributed by atoms with Gasteiger partial charge in [-0.2, -0.15) is 0 Å². The molecule has 0 fully saturated rings. The number of aryl methyl sites for hydroxylation is 2. The molecule has 1 aromatic carbocycles. The third-order valence-corrected chi connectivity index (χ3v) is 6.07. The van der Waals surface area contributed by atoms with E-state index in [0.717, 1.165) is 43.4 Å². The van der Waals surface area contributed by atoms with Crippen LogP contribution in [0, 0.1) is 5.82 Å². The number of nitrogens with one attached hydrogen (secondary N) is 1. The summed E-state index contributed by atoms with van der Waals surface area (Å²) in [6.07, 6.45) is 7.73. The first kappa shape index (κ1) is 17.9. The van der Waals surface area contributed by atoms with E-state index in [4.69, 9.17) is 0 Å². The second-order valence-corrected chi connectivity index (χ2v) is 7.85. The molecular formula is C20H20FN3O2S. The molecule has 2 heterocycles. The molecule has 1 amide bonds. The summed E-state index contributed by atoms with van der Waals surface area (Å²) in [6, 6.07) is 5.89. The lowest BCUT2D eigenvalue weighted by Gasteiger charge is -2.10. The summed E-state index contributed by atoms with van der Waals surface area (Å²) in [5, 5.41) is 2.72. The zero-order chi connectivity index (χ0) is 18.8. The van der Waals surface area contributed by atoms with Crippen molar-refractivity contribution in [3.63, 3.8) is 0 Å². The zero-order valence-corrected chi connectivity index (χ0v) is 15.7. The molecule has 0 spiro atoms. The first-order chi connectivity index (χ1) is 13.1. The SMILES string of the molecule is O=C(NCc1ccc(F)cc1)c1cnc2sc3c(n2c1=O)CCCCCC3. The fourth-order valence-corrected chi connectivity index (χ4v) is 4.63. The fraction of sp³-hybridized carbons (Fsp3) is 0.350. The highest BCUT2D eigenvalue weighted by molar-refractivity contribution is 7.17. The van der Waals surface area contributed by atoms with Gasteiger partial charge >= 0.3 is 0 Å². The highest BCUT2D eigenvalue weighted by Crippen LogP contribution is 2.27. The van der Waals surface area contributed by atoms with E-state index in [1.165, 1.54) is 29.6 Å². The normalized spacial score (nSPS) is 14.4. The minimum absolute atomic E-state index is 0.0391. The van der Waals surface area contributed by atoms with Crippen molar-refractivity contribution in [2.75, 3.05) is 0 Å². The van der Waals surface area contributed by atoms with Gasteiger partial charge in [0.15, 0.2) is 4.96 Å². The minimum Gasteiger partial charge on any atom is -0.348 e. The number of rotatable bonds is 3. The number of carbonyl (C=O) groups excluding carboxylic acids is 1. The van der Waals surface area contributed by atoms with E-state index in [1.807, 2.05) is 0 Å². The quantitative estimate of drug-likeness (QED) is 0.751. The van der Waals surface area contributed by atoms with Crippen LogP contribution in [-0.2, 0) is 19.4 Å². The van der Waals surface area contributed by atoms with Crippen molar-refractivity contribution in [1.82, 2.24) is 14.7 Å². The van der Waals surface area contributed by atoms with E-state index in [0.29, 0.717) is 4.96 Å². The summed E-state index contributed by atoms with van der Waals surface area (Å²) in [7, 11) is 0. The van der Waals surface area contributed by atoms with E-state index in [9.17, 15) is 14.0 Å². The van der Waals surface area contributed by atoms with Crippen LogP contribution in [-0.4, -0.2) is 15.3 Å². The van der Waals surface area contributed by atoms with Crippen molar-refractivity contribution in [3.05, 3.63) is 68.3 Å². The molecule has 1 aliphatic rings. The first-order valence-electron chi connectivity index (χ1n) is 9.18. The van der Waals surface area contributed by atoms with Gasteiger partial charge in [0.2, 0.25) is 0 Å². The van der Waals surface area contributed by atoms with Gasteiger partial charge in [0.1, 0.15) is 11.4 Å². The van der Waals surface area contributed by atoms with Gasteiger partial charge in [-0.05, 0) is 43.4 Å². The van der Waals surface area contributed by atoms with Crippen LogP contribution in [0.2, 0.25) is 0 Å². The monoisotopic (exact) mass is 385 g/mol. The number of benzene rings is 1. The summed E-state index contributed by atoms with van der Waals surface area (Å²) in [4.78, 5) is 31.7. The van der Waals surface area contributed by atoms with Gasteiger partial charge < -0.3 is 5.32 Å². The molecule has 27 heavy (non-hydrogen) atoms.